The van der Waals surface area contributed by atoms with Gasteiger partial charge in [0.25, 0.3) is 0 Å². The number of ether oxygens (including phenoxy) is 1. The molecule has 2 rings (SSSR count). The van der Waals surface area contributed by atoms with Gasteiger partial charge < -0.3 is 19.9 Å². The summed E-state index contributed by atoms with van der Waals surface area (Å²) in [6.07, 6.45) is 1.05. The van der Waals surface area contributed by atoms with Gasteiger partial charge in [-0.2, -0.15) is 0 Å². The molecule has 1 heterocycles. The van der Waals surface area contributed by atoms with Gasteiger partial charge in [-0.25, -0.2) is 4.99 Å². The first-order chi connectivity index (χ1) is 12.0. The Kier molecular flexibility index (Phi) is 7.52. The van der Waals surface area contributed by atoms with Gasteiger partial charge in [0.15, 0.2) is 5.96 Å². The summed E-state index contributed by atoms with van der Waals surface area (Å²) in [7, 11) is 5.41. The molecule has 1 aromatic rings. The fourth-order valence-corrected chi connectivity index (χ4v) is 2.73. The summed E-state index contributed by atoms with van der Waals surface area (Å²) in [5.41, 5.74) is 1.02. The molecule has 1 aromatic carbocycles. The molecule has 1 aliphatic rings. The Labute approximate surface area is 154 Å². The number of hydrogen-bond acceptors (Lipinski definition) is 3. The maximum Gasteiger partial charge on any atom is 0.243 e. The van der Waals surface area contributed by atoms with Crippen molar-refractivity contribution in [1.82, 2.24) is 15.1 Å². The first-order valence-corrected chi connectivity index (χ1v) is 8.86. The molecule has 0 aromatic heterocycles. The maximum atomic E-state index is 11.9. The predicted molar refractivity (Wildman–Crippen MR) is 101 cm³/mol. The number of carbonyl (C=O) groups is 1. The van der Waals surface area contributed by atoms with Gasteiger partial charge in [0, 0.05) is 51.8 Å². The molecule has 6 nitrogen and oxygen atoms in total. The lowest BCUT2D eigenvalue weighted by Gasteiger charge is -2.24. The number of hydrogen-bond donors (Lipinski definition) is 1. The molecular formula is C18H27ClN4O2. The molecule has 0 radical (unpaired) electrons. The highest BCUT2D eigenvalue weighted by molar-refractivity contribution is 6.31. The molecule has 1 unspecified atom stereocenters. The number of carbonyl (C=O) groups excluding carboxylic acids is 1. The van der Waals surface area contributed by atoms with E-state index in [-0.39, 0.29) is 12.5 Å². The van der Waals surface area contributed by atoms with Crippen molar-refractivity contribution >= 4 is 23.5 Å². The summed E-state index contributed by atoms with van der Waals surface area (Å²) in [5.74, 6) is 1.14. The van der Waals surface area contributed by atoms with E-state index in [1.54, 1.807) is 19.0 Å². The molecule has 138 valence electrons. The zero-order chi connectivity index (χ0) is 18.2. The van der Waals surface area contributed by atoms with E-state index in [9.17, 15) is 4.79 Å². The van der Waals surface area contributed by atoms with Crippen LogP contribution in [0.3, 0.4) is 0 Å². The van der Waals surface area contributed by atoms with E-state index >= 15 is 0 Å². The number of halogens is 1. The SMILES string of the molecule is CN(C)C(=O)CN=C(NCC1CCOC1)N(C)Cc1ccccc1Cl. The van der Waals surface area contributed by atoms with Gasteiger partial charge in [0.1, 0.15) is 6.54 Å². The molecule has 25 heavy (non-hydrogen) atoms. The van der Waals surface area contributed by atoms with Crippen molar-refractivity contribution in [3.63, 3.8) is 0 Å². The standard InChI is InChI=1S/C18H27ClN4O2/c1-22(2)17(24)11-21-18(20-10-14-8-9-25-13-14)23(3)12-15-6-4-5-7-16(15)19/h4-7,14H,8-13H2,1-3H3,(H,20,21). The second-order valence-corrected chi connectivity index (χ2v) is 6.89. The van der Waals surface area contributed by atoms with Gasteiger partial charge in [-0.15, -0.1) is 0 Å². The second kappa shape index (κ2) is 9.63. The van der Waals surface area contributed by atoms with Crippen molar-refractivity contribution in [2.24, 2.45) is 10.9 Å². The Bertz CT molecular complexity index is 600. The average molecular weight is 367 g/mol. The van der Waals surface area contributed by atoms with Gasteiger partial charge in [0.05, 0.1) is 6.61 Å². The molecule has 1 amide bonds. The van der Waals surface area contributed by atoms with Crippen LogP contribution in [0.1, 0.15) is 12.0 Å². The van der Waals surface area contributed by atoms with Gasteiger partial charge >= 0.3 is 0 Å². The lowest BCUT2D eigenvalue weighted by molar-refractivity contribution is -0.127. The number of likely N-dealkylation sites (N-methyl/N-ethyl adjacent to an activating group) is 1. The Hall–Kier alpha value is -1.79. The number of rotatable bonds is 6. The number of nitrogens with one attached hydrogen (secondary N) is 1. The van der Waals surface area contributed by atoms with Crippen LogP contribution in [0.15, 0.2) is 29.3 Å². The highest BCUT2D eigenvalue weighted by atomic mass is 35.5. The molecule has 0 bridgehead atoms. The lowest BCUT2D eigenvalue weighted by Crippen LogP contribution is -2.41. The van der Waals surface area contributed by atoms with E-state index in [0.29, 0.717) is 18.4 Å². The van der Waals surface area contributed by atoms with E-state index in [2.05, 4.69) is 10.3 Å². The Morgan fingerprint density at radius 2 is 2.12 bits per heavy atom. The zero-order valence-electron chi connectivity index (χ0n) is 15.2. The Morgan fingerprint density at radius 3 is 2.76 bits per heavy atom. The van der Waals surface area contributed by atoms with E-state index in [0.717, 1.165) is 36.8 Å². The number of guanidine groups is 1. The zero-order valence-corrected chi connectivity index (χ0v) is 15.9. The van der Waals surface area contributed by atoms with Crippen LogP contribution in [-0.4, -0.2) is 69.1 Å². The molecular weight excluding hydrogens is 340 g/mol. The maximum absolute atomic E-state index is 11.9. The van der Waals surface area contributed by atoms with Crippen molar-refractivity contribution < 1.29 is 9.53 Å². The highest BCUT2D eigenvalue weighted by Crippen LogP contribution is 2.16. The second-order valence-electron chi connectivity index (χ2n) is 6.49. The Balaban J connectivity index is 2.04. The number of benzene rings is 1. The summed E-state index contributed by atoms with van der Waals surface area (Å²) in [6, 6.07) is 7.74. The van der Waals surface area contributed by atoms with Crippen molar-refractivity contribution in [2.45, 2.75) is 13.0 Å². The minimum absolute atomic E-state index is 0.0327. The summed E-state index contributed by atoms with van der Waals surface area (Å²) >= 11 is 6.26. The van der Waals surface area contributed by atoms with Crippen LogP contribution in [0.2, 0.25) is 5.02 Å². The van der Waals surface area contributed by atoms with Crippen molar-refractivity contribution in [1.29, 1.82) is 0 Å². The fraction of sp³-hybridized carbons (Fsp3) is 0.556. The van der Waals surface area contributed by atoms with E-state index in [4.69, 9.17) is 16.3 Å². The molecule has 1 fully saturated rings. The largest absolute Gasteiger partial charge is 0.381 e. The third kappa shape index (κ3) is 6.21. The summed E-state index contributed by atoms with van der Waals surface area (Å²) in [5, 5.41) is 4.10. The third-order valence-corrected chi connectivity index (χ3v) is 4.53. The topological polar surface area (TPSA) is 57.2 Å². The van der Waals surface area contributed by atoms with Crippen LogP contribution in [0, 0.1) is 5.92 Å². The van der Waals surface area contributed by atoms with Crippen LogP contribution in [0.4, 0.5) is 0 Å². The fourth-order valence-electron chi connectivity index (χ4n) is 2.53. The number of aliphatic imine (C=N–C) groups is 1. The lowest BCUT2D eigenvalue weighted by atomic mass is 10.1. The number of nitrogens with zero attached hydrogens (tertiary/aromatic N) is 3. The number of amides is 1. The predicted octanol–water partition coefficient (Wildman–Crippen LogP) is 1.84. The van der Waals surface area contributed by atoms with Crippen LogP contribution in [0.25, 0.3) is 0 Å². The van der Waals surface area contributed by atoms with Gasteiger partial charge in [-0.1, -0.05) is 29.8 Å². The minimum atomic E-state index is -0.0327. The highest BCUT2D eigenvalue weighted by Gasteiger charge is 2.17. The third-order valence-electron chi connectivity index (χ3n) is 4.16. The quantitative estimate of drug-likeness (QED) is 0.616. The van der Waals surface area contributed by atoms with E-state index in [1.807, 2.05) is 36.2 Å². The summed E-state index contributed by atoms with van der Waals surface area (Å²) in [4.78, 5) is 19.9. The summed E-state index contributed by atoms with van der Waals surface area (Å²) in [6.45, 7) is 3.09. The first-order valence-electron chi connectivity index (χ1n) is 8.48. The summed E-state index contributed by atoms with van der Waals surface area (Å²) < 4.78 is 5.42. The van der Waals surface area contributed by atoms with Crippen LogP contribution in [-0.2, 0) is 16.1 Å². The van der Waals surface area contributed by atoms with Gasteiger partial charge in [-0.3, -0.25) is 4.79 Å². The molecule has 1 atom stereocenters. The van der Waals surface area contributed by atoms with Crippen molar-refractivity contribution in [3.05, 3.63) is 34.9 Å². The van der Waals surface area contributed by atoms with Crippen LogP contribution in [0.5, 0.6) is 0 Å². The Morgan fingerprint density at radius 1 is 1.36 bits per heavy atom. The van der Waals surface area contributed by atoms with Gasteiger partial charge in [-0.05, 0) is 18.1 Å². The molecule has 0 aliphatic carbocycles. The molecule has 1 N–H and O–H groups in total. The van der Waals surface area contributed by atoms with Gasteiger partial charge in [0.2, 0.25) is 5.91 Å². The average Bonchev–Trinajstić information content (AvgIpc) is 3.10. The van der Waals surface area contributed by atoms with Crippen molar-refractivity contribution in [2.75, 3.05) is 47.4 Å². The van der Waals surface area contributed by atoms with Crippen LogP contribution >= 0.6 is 11.6 Å². The molecule has 7 heteroatoms. The molecule has 1 saturated heterocycles. The monoisotopic (exact) mass is 366 g/mol. The molecule has 0 spiro atoms. The molecule has 0 saturated carbocycles. The minimum Gasteiger partial charge on any atom is -0.381 e. The van der Waals surface area contributed by atoms with E-state index < -0.39 is 0 Å². The van der Waals surface area contributed by atoms with Crippen LogP contribution < -0.4 is 5.32 Å². The molecule has 1 aliphatic heterocycles. The van der Waals surface area contributed by atoms with Crippen molar-refractivity contribution in [3.8, 4) is 0 Å². The normalized spacial score (nSPS) is 17.4. The first kappa shape index (κ1) is 19.5. The van der Waals surface area contributed by atoms with E-state index in [1.165, 1.54) is 0 Å². The smallest absolute Gasteiger partial charge is 0.243 e.